The molecule has 0 radical (unpaired) electrons. The Morgan fingerprint density at radius 2 is 1.90 bits per heavy atom. The molecule has 2 unspecified atom stereocenters. The van der Waals surface area contributed by atoms with Gasteiger partial charge in [-0.1, -0.05) is 38.8 Å². The van der Waals surface area contributed by atoms with Crippen LogP contribution in [0.1, 0.15) is 39.5 Å². The zero-order valence-electron chi connectivity index (χ0n) is 12.2. The van der Waals surface area contributed by atoms with E-state index in [0.29, 0.717) is 29.1 Å². The van der Waals surface area contributed by atoms with Gasteiger partial charge in [0.15, 0.2) is 0 Å². The lowest BCUT2D eigenvalue weighted by molar-refractivity contribution is 0.349. The molecule has 2 rings (SSSR count). The van der Waals surface area contributed by atoms with Crippen LogP contribution in [0, 0.1) is 5.92 Å². The van der Waals surface area contributed by atoms with Crippen molar-refractivity contribution in [1.29, 1.82) is 0 Å². The van der Waals surface area contributed by atoms with Gasteiger partial charge in [-0.15, -0.1) is 0 Å². The van der Waals surface area contributed by atoms with Gasteiger partial charge in [-0.3, -0.25) is 0 Å². The van der Waals surface area contributed by atoms with E-state index in [2.05, 4.69) is 17.0 Å². The fourth-order valence-corrected chi connectivity index (χ4v) is 4.03. The number of nitrogens with one attached hydrogen (secondary N) is 2. The Morgan fingerprint density at radius 1 is 1.20 bits per heavy atom. The highest BCUT2D eigenvalue weighted by atomic mass is 32.2. The molecule has 1 aliphatic rings. The quantitative estimate of drug-likeness (QED) is 0.878. The third-order valence-electron chi connectivity index (χ3n) is 3.96. The third kappa shape index (κ3) is 3.52. The van der Waals surface area contributed by atoms with Gasteiger partial charge in [0, 0.05) is 12.6 Å². The van der Waals surface area contributed by atoms with Crippen LogP contribution in [0.4, 0.5) is 5.69 Å². The lowest BCUT2D eigenvalue weighted by Gasteiger charge is -2.31. The van der Waals surface area contributed by atoms with E-state index in [-0.39, 0.29) is 0 Å². The summed E-state index contributed by atoms with van der Waals surface area (Å²) in [5, 5.41) is 3.44. The Balaban J connectivity index is 2.24. The highest BCUT2D eigenvalue weighted by molar-refractivity contribution is 7.89. The lowest BCUT2D eigenvalue weighted by atomic mass is 9.86. The van der Waals surface area contributed by atoms with Crippen molar-refractivity contribution < 1.29 is 8.42 Å². The smallest absolute Gasteiger partial charge is 0.242 e. The molecule has 0 aromatic heterocycles. The minimum atomic E-state index is -3.42. The first-order chi connectivity index (χ1) is 9.54. The molecule has 5 heteroatoms. The lowest BCUT2D eigenvalue weighted by Crippen LogP contribution is -2.32. The van der Waals surface area contributed by atoms with Gasteiger partial charge in [-0.05, 0) is 30.9 Å². The summed E-state index contributed by atoms with van der Waals surface area (Å²) in [5.74, 6) is 0.582. The van der Waals surface area contributed by atoms with Crippen LogP contribution in [0.5, 0.6) is 0 Å². The number of rotatable bonds is 5. The van der Waals surface area contributed by atoms with Crippen LogP contribution in [0.25, 0.3) is 0 Å². The molecular weight excluding hydrogens is 272 g/mol. The van der Waals surface area contributed by atoms with Crippen molar-refractivity contribution in [2.24, 2.45) is 5.92 Å². The van der Waals surface area contributed by atoms with Crippen LogP contribution in [0.3, 0.4) is 0 Å². The summed E-state index contributed by atoms with van der Waals surface area (Å²) in [7, 11) is -3.42. The summed E-state index contributed by atoms with van der Waals surface area (Å²) in [6, 6.07) is 7.52. The van der Waals surface area contributed by atoms with Gasteiger partial charge < -0.3 is 5.32 Å². The van der Waals surface area contributed by atoms with Gasteiger partial charge in [0.05, 0.1) is 5.69 Å². The van der Waals surface area contributed by atoms with Crippen LogP contribution >= 0.6 is 0 Å². The fraction of sp³-hybridized carbons (Fsp3) is 0.600. The van der Waals surface area contributed by atoms with Gasteiger partial charge in [0.1, 0.15) is 4.90 Å². The molecule has 1 aliphatic carbocycles. The van der Waals surface area contributed by atoms with Crippen LogP contribution in [-0.4, -0.2) is 21.0 Å². The van der Waals surface area contributed by atoms with Crippen LogP contribution in [0.2, 0.25) is 0 Å². The normalized spacial score (nSPS) is 23.5. The van der Waals surface area contributed by atoms with Gasteiger partial charge >= 0.3 is 0 Å². The summed E-state index contributed by atoms with van der Waals surface area (Å²) < 4.78 is 27.0. The molecule has 0 saturated heterocycles. The van der Waals surface area contributed by atoms with Gasteiger partial charge in [-0.2, -0.15) is 0 Å². The minimum absolute atomic E-state index is 0.347. The summed E-state index contributed by atoms with van der Waals surface area (Å²) in [6.07, 6.45) is 4.80. The molecule has 1 aromatic carbocycles. The number of benzene rings is 1. The van der Waals surface area contributed by atoms with E-state index in [4.69, 9.17) is 0 Å². The number of hydrogen-bond acceptors (Lipinski definition) is 3. The molecule has 0 amide bonds. The van der Waals surface area contributed by atoms with E-state index in [1.54, 1.807) is 19.1 Å². The highest BCUT2D eigenvalue weighted by Crippen LogP contribution is 2.29. The predicted molar refractivity (Wildman–Crippen MR) is 82.3 cm³/mol. The zero-order valence-corrected chi connectivity index (χ0v) is 13.0. The highest BCUT2D eigenvalue weighted by Gasteiger charge is 2.24. The molecule has 0 spiro atoms. The molecule has 0 bridgehead atoms. The van der Waals surface area contributed by atoms with Crippen molar-refractivity contribution >= 4 is 15.7 Å². The summed E-state index contributed by atoms with van der Waals surface area (Å²) in [4.78, 5) is 0.347. The second kappa shape index (κ2) is 6.59. The van der Waals surface area contributed by atoms with Gasteiger partial charge in [0.2, 0.25) is 10.0 Å². The van der Waals surface area contributed by atoms with E-state index in [9.17, 15) is 8.42 Å². The van der Waals surface area contributed by atoms with E-state index < -0.39 is 10.0 Å². The largest absolute Gasteiger partial charge is 0.381 e. The average Bonchev–Trinajstić information content (AvgIpc) is 2.42. The summed E-state index contributed by atoms with van der Waals surface area (Å²) >= 11 is 0. The Hall–Kier alpha value is -1.07. The maximum atomic E-state index is 12.2. The van der Waals surface area contributed by atoms with Crippen molar-refractivity contribution in [1.82, 2.24) is 4.72 Å². The fourth-order valence-electron chi connectivity index (χ4n) is 2.82. The molecule has 2 N–H and O–H groups in total. The summed E-state index contributed by atoms with van der Waals surface area (Å²) in [6.45, 7) is 4.42. The monoisotopic (exact) mass is 296 g/mol. The maximum absolute atomic E-state index is 12.2. The topological polar surface area (TPSA) is 58.2 Å². The second-order valence-corrected chi connectivity index (χ2v) is 7.25. The van der Waals surface area contributed by atoms with Crippen LogP contribution in [0.15, 0.2) is 29.2 Å². The molecule has 1 aromatic rings. The van der Waals surface area contributed by atoms with Gasteiger partial charge in [-0.25, -0.2) is 13.1 Å². The Kier molecular flexibility index (Phi) is 5.05. The van der Waals surface area contributed by atoms with Crippen molar-refractivity contribution in [2.75, 3.05) is 11.9 Å². The van der Waals surface area contributed by atoms with E-state index in [0.717, 1.165) is 6.42 Å². The molecule has 2 atom stereocenters. The number of para-hydroxylation sites is 1. The van der Waals surface area contributed by atoms with Crippen LogP contribution in [-0.2, 0) is 10.0 Å². The van der Waals surface area contributed by atoms with E-state index >= 15 is 0 Å². The standard InChI is InChI=1S/C15H24N2O2S/c1-3-16-20(18,19)15-11-7-6-10-14(15)17-13-9-5-4-8-12(13)2/h6-7,10-13,16-17H,3-5,8-9H2,1-2H3. The molecule has 1 saturated carbocycles. The number of sulfonamides is 1. The Labute approximate surface area is 122 Å². The Bertz CT molecular complexity index is 543. The van der Waals surface area contributed by atoms with E-state index in [1.165, 1.54) is 19.3 Å². The minimum Gasteiger partial charge on any atom is -0.381 e. The molecule has 0 heterocycles. The van der Waals surface area contributed by atoms with Crippen molar-refractivity contribution in [3.63, 3.8) is 0 Å². The molecule has 4 nitrogen and oxygen atoms in total. The van der Waals surface area contributed by atoms with Crippen molar-refractivity contribution in [3.8, 4) is 0 Å². The molecule has 20 heavy (non-hydrogen) atoms. The Morgan fingerprint density at radius 3 is 2.60 bits per heavy atom. The molecule has 0 aliphatic heterocycles. The second-order valence-electron chi connectivity index (χ2n) is 5.51. The third-order valence-corrected chi connectivity index (χ3v) is 5.57. The van der Waals surface area contributed by atoms with Crippen molar-refractivity contribution in [3.05, 3.63) is 24.3 Å². The first-order valence-corrected chi connectivity index (χ1v) is 8.88. The molecule has 112 valence electrons. The zero-order chi connectivity index (χ0) is 14.6. The van der Waals surface area contributed by atoms with E-state index in [1.807, 2.05) is 12.1 Å². The SMILES string of the molecule is CCNS(=O)(=O)c1ccccc1NC1CCCCC1C. The van der Waals surface area contributed by atoms with Crippen LogP contribution < -0.4 is 10.0 Å². The first kappa shape index (κ1) is 15.3. The van der Waals surface area contributed by atoms with Gasteiger partial charge in [0.25, 0.3) is 0 Å². The number of anilines is 1. The molecule has 1 fully saturated rings. The average molecular weight is 296 g/mol. The van der Waals surface area contributed by atoms with Crippen molar-refractivity contribution in [2.45, 2.75) is 50.5 Å². The molecular formula is C15H24N2O2S. The maximum Gasteiger partial charge on any atom is 0.242 e. The predicted octanol–water partition coefficient (Wildman–Crippen LogP) is 2.98. The summed E-state index contributed by atoms with van der Waals surface area (Å²) in [5.41, 5.74) is 0.715. The number of hydrogen-bond donors (Lipinski definition) is 2. The first-order valence-electron chi connectivity index (χ1n) is 7.40.